The first-order valence-corrected chi connectivity index (χ1v) is 5.25. The number of hydrogen-bond donors (Lipinski definition) is 1. The van der Waals surface area contributed by atoms with Gasteiger partial charge in [0.05, 0.1) is 5.69 Å². The van der Waals surface area contributed by atoms with Gasteiger partial charge in [0, 0.05) is 11.1 Å². The van der Waals surface area contributed by atoms with Crippen LogP contribution in [0.4, 0.5) is 10.1 Å². The Balaban J connectivity index is 2.60. The summed E-state index contributed by atoms with van der Waals surface area (Å²) < 4.78 is 18.2. The Bertz CT molecular complexity index is 357. The van der Waals surface area contributed by atoms with E-state index in [1.807, 2.05) is 0 Å². The second kappa shape index (κ2) is 5.82. The molecule has 0 aromatic heterocycles. The number of carbonyl (C=O) groups excluding carboxylic acids is 1. The van der Waals surface area contributed by atoms with E-state index < -0.39 is 0 Å². The van der Waals surface area contributed by atoms with Gasteiger partial charge in [0.1, 0.15) is 12.4 Å². The third kappa shape index (κ3) is 3.97. The van der Waals surface area contributed by atoms with Crippen LogP contribution in [-0.4, -0.2) is 19.1 Å². The van der Waals surface area contributed by atoms with E-state index >= 15 is 0 Å². The van der Waals surface area contributed by atoms with Crippen molar-refractivity contribution in [3.8, 4) is 0 Å². The van der Waals surface area contributed by atoms with Crippen LogP contribution in [0.25, 0.3) is 0 Å². The van der Waals surface area contributed by atoms with Crippen molar-refractivity contribution in [3.63, 3.8) is 0 Å². The smallest absolute Gasteiger partial charge is 0.250 e. The first-order valence-electron chi connectivity index (χ1n) is 4.46. The minimum absolute atomic E-state index is 0.000314. The highest BCUT2D eigenvalue weighted by Gasteiger charge is 2.05. The summed E-state index contributed by atoms with van der Waals surface area (Å²) in [6.07, 6.45) is 0. The SMILES string of the molecule is CCOCC(=O)Nc1ccc(F)cc1Br. The van der Waals surface area contributed by atoms with Crippen molar-refractivity contribution >= 4 is 27.5 Å². The van der Waals surface area contributed by atoms with Gasteiger partial charge in [-0.25, -0.2) is 4.39 Å². The number of anilines is 1. The van der Waals surface area contributed by atoms with E-state index in [-0.39, 0.29) is 18.3 Å². The van der Waals surface area contributed by atoms with Crippen molar-refractivity contribution in [1.82, 2.24) is 0 Å². The van der Waals surface area contributed by atoms with E-state index in [1.165, 1.54) is 18.2 Å². The van der Waals surface area contributed by atoms with E-state index in [0.29, 0.717) is 16.8 Å². The van der Waals surface area contributed by atoms with Crippen LogP contribution in [0.1, 0.15) is 6.92 Å². The van der Waals surface area contributed by atoms with Crippen LogP contribution in [0.15, 0.2) is 22.7 Å². The van der Waals surface area contributed by atoms with Gasteiger partial charge in [-0.05, 0) is 41.1 Å². The van der Waals surface area contributed by atoms with Crippen LogP contribution in [0.5, 0.6) is 0 Å². The average Bonchev–Trinajstić information content (AvgIpc) is 2.19. The number of hydrogen-bond acceptors (Lipinski definition) is 2. The molecule has 82 valence electrons. The summed E-state index contributed by atoms with van der Waals surface area (Å²) in [6.45, 7) is 2.29. The summed E-state index contributed by atoms with van der Waals surface area (Å²) in [5, 5.41) is 2.59. The zero-order chi connectivity index (χ0) is 11.3. The van der Waals surface area contributed by atoms with E-state index in [2.05, 4.69) is 21.2 Å². The monoisotopic (exact) mass is 275 g/mol. The van der Waals surface area contributed by atoms with Gasteiger partial charge in [0.15, 0.2) is 0 Å². The molecule has 1 amide bonds. The maximum Gasteiger partial charge on any atom is 0.250 e. The summed E-state index contributed by atoms with van der Waals surface area (Å²) >= 11 is 3.15. The van der Waals surface area contributed by atoms with E-state index in [0.717, 1.165) is 0 Å². The van der Waals surface area contributed by atoms with E-state index in [4.69, 9.17) is 4.74 Å². The number of carbonyl (C=O) groups is 1. The molecule has 15 heavy (non-hydrogen) atoms. The molecule has 5 heteroatoms. The normalized spacial score (nSPS) is 10.1. The number of benzene rings is 1. The van der Waals surface area contributed by atoms with Crippen LogP contribution in [0, 0.1) is 5.82 Å². The molecule has 0 heterocycles. The van der Waals surface area contributed by atoms with Crippen LogP contribution in [0.2, 0.25) is 0 Å². The van der Waals surface area contributed by atoms with Gasteiger partial charge in [-0.15, -0.1) is 0 Å². The fraction of sp³-hybridized carbons (Fsp3) is 0.300. The highest BCUT2D eigenvalue weighted by Crippen LogP contribution is 2.22. The Morgan fingerprint density at radius 3 is 2.93 bits per heavy atom. The Labute approximate surface area is 95.7 Å². The molecule has 3 nitrogen and oxygen atoms in total. The summed E-state index contributed by atoms with van der Waals surface area (Å²) in [5.74, 6) is -0.617. The van der Waals surface area contributed by atoms with Crippen molar-refractivity contribution in [3.05, 3.63) is 28.5 Å². The Kier molecular flexibility index (Phi) is 4.71. The Morgan fingerprint density at radius 1 is 1.60 bits per heavy atom. The molecule has 0 unspecified atom stereocenters. The maximum absolute atomic E-state index is 12.7. The molecule has 0 atom stereocenters. The highest BCUT2D eigenvalue weighted by molar-refractivity contribution is 9.10. The fourth-order valence-electron chi connectivity index (χ4n) is 0.972. The average molecular weight is 276 g/mol. The van der Waals surface area contributed by atoms with E-state index in [1.54, 1.807) is 6.92 Å². The first-order chi connectivity index (χ1) is 7.13. The molecule has 1 rings (SSSR count). The van der Waals surface area contributed by atoms with Crippen molar-refractivity contribution in [2.24, 2.45) is 0 Å². The van der Waals surface area contributed by atoms with Crippen LogP contribution in [0.3, 0.4) is 0 Å². The molecule has 0 spiro atoms. The molecule has 1 aromatic rings. The number of amides is 1. The summed E-state index contributed by atoms with van der Waals surface area (Å²) in [5.41, 5.74) is 0.529. The summed E-state index contributed by atoms with van der Waals surface area (Å²) in [7, 11) is 0. The second-order valence-electron chi connectivity index (χ2n) is 2.81. The summed E-state index contributed by atoms with van der Waals surface area (Å²) in [4.78, 5) is 11.3. The van der Waals surface area contributed by atoms with Gasteiger partial charge in [-0.2, -0.15) is 0 Å². The van der Waals surface area contributed by atoms with Crippen LogP contribution < -0.4 is 5.32 Å². The molecule has 0 saturated carbocycles. The first kappa shape index (κ1) is 12.1. The fourth-order valence-corrected chi connectivity index (χ4v) is 1.42. The lowest BCUT2D eigenvalue weighted by Gasteiger charge is -2.07. The molecule has 0 saturated heterocycles. The predicted octanol–water partition coefficient (Wildman–Crippen LogP) is 2.56. The lowest BCUT2D eigenvalue weighted by molar-refractivity contribution is -0.120. The third-order valence-electron chi connectivity index (χ3n) is 1.64. The lowest BCUT2D eigenvalue weighted by atomic mass is 10.3. The summed E-state index contributed by atoms with van der Waals surface area (Å²) in [6, 6.07) is 4.06. The minimum Gasteiger partial charge on any atom is -0.372 e. The molecule has 0 fully saturated rings. The van der Waals surface area contributed by atoms with Crippen molar-refractivity contribution < 1.29 is 13.9 Å². The molecule has 1 aromatic carbocycles. The number of halogens is 2. The van der Waals surface area contributed by atoms with Gasteiger partial charge >= 0.3 is 0 Å². The largest absolute Gasteiger partial charge is 0.372 e. The van der Waals surface area contributed by atoms with Gasteiger partial charge in [-0.3, -0.25) is 4.79 Å². The zero-order valence-electron chi connectivity index (χ0n) is 8.22. The second-order valence-corrected chi connectivity index (χ2v) is 3.66. The molecule has 0 aliphatic heterocycles. The molecular formula is C10H11BrFNO2. The highest BCUT2D eigenvalue weighted by atomic mass is 79.9. The number of ether oxygens (including phenoxy) is 1. The number of rotatable bonds is 4. The van der Waals surface area contributed by atoms with Crippen molar-refractivity contribution in [2.45, 2.75) is 6.92 Å². The maximum atomic E-state index is 12.7. The molecule has 1 N–H and O–H groups in total. The Morgan fingerprint density at radius 2 is 2.33 bits per heavy atom. The predicted molar refractivity (Wildman–Crippen MR) is 59.2 cm³/mol. The van der Waals surface area contributed by atoms with Gasteiger partial charge < -0.3 is 10.1 Å². The van der Waals surface area contributed by atoms with Crippen LogP contribution >= 0.6 is 15.9 Å². The zero-order valence-corrected chi connectivity index (χ0v) is 9.80. The minimum atomic E-state index is -0.357. The van der Waals surface area contributed by atoms with E-state index in [9.17, 15) is 9.18 Å². The molecule has 0 aliphatic rings. The van der Waals surface area contributed by atoms with Crippen molar-refractivity contribution in [2.75, 3.05) is 18.5 Å². The third-order valence-corrected chi connectivity index (χ3v) is 2.30. The lowest BCUT2D eigenvalue weighted by Crippen LogP contribution is -2.18. The molecule has 0 radical (unpaired) electrons. The quantitative estimate of drug-likeness (QED) is 0.917. The van der Waals surface area contributed by atoms with Crippen LogP contribution in [-0.2, 0) is 9.53 Å². The van der Waals surface area contributed by atoms with Crippen molar-refractivity contribution in [1.29, 1.82) is 0 Å². The molecule has 0 bridgehead atoms. The van der Waals surface area contributed by atoms with Gasteiger partial charge in [0.2, 0.25) is 5.91 Å². The topological polar surface area (TPSA) is 38.3 Å². The van der Waals surface area contributed by atoms with Gasteiger partial charge in [0.25, 0.3) is 0 Å². The molecule has 0 aliphatic carbocycles. The molecular weight excluding hydrogens is 265 g/mol. The number of nitrogens with one attached hydrogen (secondary N) is 1. The Hall–Kier alpha value is -0.940. The standard InChI is InChI=1S/C10H11BrFNO2/c1-2-15-6-10(14)13-9-4-3-7(12)5-8(9)11/h3-5H,2,6H2,1H3,(H,13,14). The van der Waals surface area contributed by atoms with Gasteiger partial charge in [-0.1, -0.05) is 0 Å².